The second-order valence-corrected chi connectivity index (χ2v) is 22.7. The summed E-state index contributed by atoms with van der Waals surface area (Å²) in [6.45, 7) is 24.5. The summed E-state index contributed by atoms with van der Waals surface area (Å²) in [5.74, 6) is 0.239. The van der Waals surface area contributed by atoms with Crippen molar-refractivity contribution in [3.05, 3.63) is 139 Å². The van der Waals surface area contributed by atoms with Crippen LogP contribution >= 0.6 is 22.7 Å². The van der Waals surface area contributed by atoms with Crippen LogP contribution in [0, 0.1) is 13.8 Å². The number of thiazole rings is 2. The zero-order valence-corrected chi connectivity index (χ0v) is 47.4. The summed E-state index contributed by atoms with van der Waals surface area (Å²) < 4.78 is 6.93. The van der Waals surface area contributed by atoms with E-state index in [0.29, 0.717) is 66.4 Å². The molecule has 6 aromatic rings. The summed E-state index contributed by atoms with van der Waals surface area (Å²) in [5.41, 5.74) is 25.1. The van der Waals surface area contributed by atoms with Crippen molar-refractivity contribution in [1.82, 2.24) is 45.7 Å². The summed E-state index contributed by atoms with van der Waals surface area (Å²) in [6, 6.07) is 13.8. The number of amides is 3. The standard InChI is InChI=1S/C30H42N8O3S.C25H30N8OS/c1-20-14-21(8-9-22(20)16-36-26(39)25-18-37-27(42-25)29(2,3)4)24(32)10-11-34-19-38-23(15-31)17-33-12-13-35-28(40)41-30(5,6)7;1-16-11-17(20-7-9-27-24(32-20)31-19-13-30-33(15-19)10-8-26)5-6-18(16)12-28-22(34)21-14-29-23(35-21)25(2,3)4/h8-11,14-15,17-19H,12-13,16,31-32H2,1-7H3,(H,35,40)(H,36,39);5-7,9,11,13-15H,8,10,12,26H2,1-4H3,(H,28,34)(H,27,31,32). The van der Waals surface area contributed by atoms with Crippen molar-refractivity contribution in [3.63, 3.8) is 0 Å². The Morgan fingerprint density at radius 1 is 0.805 bits per heavy atom. The molecular weight excluding hydrogens is 1010 g/mol. The van der Waals surface area contributed by atoms with Crippen molar-refractivity contribution in [2.24, 2.45) is 32.2 Å². The highest BCUT2D eigenvalue weighted by Gasteiger charge is 2.22. The highest BCUT2D eigenvalue weighted by Crippen LogP contribution is 2.29. The number of aromatic nitrogens is 6. The Morgan fingerprint density at radius 3 is 1.99 bits per heavy atom. The van der Waals surface area contributed by atoms with E-state index in [4.69, 9.17) is 21.9 Å². The quantitative estimate of drug-likeness (QED) is 0.0228. The van der Waals surface area contributed by atoms with Crippen LogP contribution in [0.15, 0.2) is 106 Å². The SMILES string of the molecule is Cc1cc(-c2ccnc(Nc3cnn(CCN)c3)n2)ccc1CNC(=O)c1cnc(C(C)(C)C)s1.Cc1cc(C(N)=CC=NC=NC(C=NCCNC(=O)OC(C)(C)C)=CN)ccc1CNC(=O)c1cnc(C(C)(C)C)s1. The molecule has 0 aliphatic heterocycles. The van der Waals surface area contributed by atoms with Gasteiger partial charge < -0.3 is 43.2 Å². The highest BCUT2D eigenvalue weighted by molar-refractivity contribution is 7.14. The Labute approximate surface area is 459 Å². The minimum atomic E-state index is -0.554. The molecule has 0 atom stereocenters. The molecule has 0 fully saturated rings. The Kier molecular flexibility index (Phi) is 21.6. The number of ether oxygens (including phenoxy) is 1. The van der Waals surface area contributed by atoms with Crippen LogP contribution in [0.2, 0.25) is 0 Å². The third-order valence-corrected chi connectivity index (χ3v) is 13.6. The van der Waals surface area contributed by atoms with Gasteiger partial charge in [-0.05, 0) is 86.7 Å². The lowest BCUT2D eigenvalue weighted by molar-refractivity contribution is 0.0529. The van der Waals surface area contributed by atoms with Gasteiger partial charge in [0.25, 0.3) is 11.8 Å². The molecule has 0 spiro atoms. The van der Waals surface area contributed by atoms with Crippen LogP contribution in [0.3, 0.4) is 0 Å². The van der Waals surface area contributed by atoms with Gasteiger partial charge in [0.15, 0.2) is 0 Å². The van der Waals surface area contributed by atoms with Gasteiger partial charge in [-0.15, -0.1) is 22.7 Å². The number of hydrogen-bond donors (Lipinski definition) is 7. The Balaban J connectivity index is 0.000000288. The van der Waals surface area contributed by atoms with E-state index in [9.17, 15) is 14.4 Å². The molecule has 10 N–H and O–H groups in total. The topological polar surface area (TPSA) is 293 Å². The van der Waals surface area contributed by atoms with Crippen LogP contribution in [-0.4, -0.2) is 91.6 Å². The van der Waals surface area contributed by atoms with Crippen molar-refractivity contribution < 1.29 is 19.1 Å². The van der Waals surface area contributed by atoms with Gasteiger partial charge in [-0.3, -0.25) is 19.3 Å². The summed E-state index contributed by atoms with van der Waals surface area (Å²) in [4.78, 5) is 68.2. The van der Waals surface area contributed by atoms with E-state index in [1.54, 1.807) is 56.3 Å². The molecule has 22 heteroatoms. The van der Waals surface area contributed by atoms with Crippen molar-refractivity contribution in [1.29, 1.82) is 0 Å². The van der Waals surface area contributed by atoms with Gasteiger partial charge in [0.2, 0.25) is 5.95 Å². The van der Waals surface area contributed by atoms with E-state index in [1.165, 1.54) is 47.6 Å². The normalized spacial score (nSPS) is 12.5. The molecule has 3 amide bonds. The zero-order valence-electron chi connectivity index (χ0n) is 45.8. The Morgan fingerprint density at radius 2 is 1.43 bits per heavy atom. The number of nitrogens with one attached hydrogen (secondary N) is 4. The second-order valence-electron chi connectivity index (χ2n) is 20.6. The van der Waals surface area contributed by atoms with Crippen LogP contribution in [0.25, 0.3) is 17.0 Å². The zero-order chi connectivity index (χ0) is 56.3. The summed E-state index contributed by atoms with van der Waals surface area (Å²) in [7, 11) is 0. The summed E-state index contributed by atoms with van der Waals surface area (Å²) in [6.07, 6.45) is 15.4. The monoisotopic (exact) mass is 1080 g/mol. The Hall–Kier alpha value is -7.95. The molecule has 0 aliphatic rings. The number of carbonyl (C=O) groups is 3. The van der Waals surface area contributed by atoms with Gasteiger partial charge in [-0.1, -0.05) is 65.8 Å². The molecule has 6 rings (SSSR count). The van der Waals surface area contributed by atoms with Gasteiger partial charge in [0.1, 0.15) is 21.7 Å². The van der Waals surface area contributed by atoms with E-state index in [2.05, 4.69) is 109 Å². The number of hydrogen-bond acceptors (Lipinski definition) is 17. The van der Waals surface area contributed by atoms with Crippen molar-refractivity contribution >= 4 is 76.7 Å². The lowest BCUT2D eigenvalue weighted by Crippen LogP contribution is -2.33. The smallest absolute Gasteiger partial charge is 0.407 e. The number of nitrogens with two attached hydrogens (primary N) is 3. The molecule has 0 saturated carbocycles. The van der Waals surface area contributed by atoms with Crippen molar-refractivity contribution in [3.8, 4) is 11.3 Å². The van der Waals surface area contributed by atoms with Gasteiger partial charge >= 0.3 is 6.09 Å². The first kappa shape index (κ1) is 59.9. The first-order chi connectivity index (χ1) is 36.4. The number of aryl methyl sites for hydroxylation is 2. The number of rotatable bonds is 19. The molecule has 0 radical (unpaired) electrons. The molecule has 0 saturated heterocycles. The summed E-state index contributed by atoms with van der Waals surface area (Å²) in [5, 5.41) is 17.9. The first-order valence-electron chi connectivity index (χ1n) is 24.8. The van der Waals surface area contributed by atoms with Gasteiger partial charge in [0, 0.05) is 79.3 Å². The van der Waals surface area contributed by atoms with E-state index in [0.717, 1.165) is 54.8 Å². The number of alkyl carbamates (subject to hydrolysis) is 1. The van der Waals surface area contributed by atoms with E-state index < -0.39 is 11.7 Å². The number of carbonyl (C=O) groups excluding carboxylic acids is 3. The number of anilines is 2. The van der Waals surface area contributed by atoms with Gasteiger partial charge in [-0.2, -0.15) is 5.10 Å². The maximum atomic E-state index is 12.6. The average molecular weight is 1090 g/mol. The maximum Gasteiger partial charge on any atom is 0.407 e. The minimum Gasteiger partial charge on any atom is -0.444 e. The van der Waals surface area contributed by atoms with Crippen LogP contribution in [-0.2, 0) is 35.2 Å². The largest absolute Gasteiger partial charge is 0.444 e. The van der Waals surface area contributed by atoms with E-state index in [-0.39, 0.29) is 22.6 Å². The molecule has 2 aromatic carbocycles. The number of benzene rings is 2. The third kappa shape index (κ3) is 19.6. The fourth-order valence-corrected chi connectivity index (χ4v) is 8.45. The van der Waals surface area contributed by atoms with Crippen molar-refractivity contribution in [2.75, 3.05) is 25.0 Å². The fourth-order valence-electron chi connectivity index (χ4n) is 6.67. The van der Waals surface area contributed by atoms with E-state index in [1.807, 2.05) is 56.4 Å². The molecule has 4 heterocycles. The molecule has 0 unspecified atom stereocenters. The van der Waals surface area contributed by atoms with Gasteiger partial charge in [-0.25, -0.2) is 34.7 Å². The fraction of sp³-hybridized carbons (Fsp3) is 0.364. The predicted molar refractivity (Wildman–Crippen MR) is 311 cm³/mol. The number of allylic oxidation sites excluding steroid dienone is 2. The predicted octanol–water partition coefficient (Wildman–Crippen LogP) is 8.51. The molecule has 4 aromatic heterocycles. The third-order valence-electron chi connectivity index (χ3n) is 10.8. The van der Waals surface area contributed by atoms with Crippen LogP contribution in [0.1, 0.15) is 119 Å². The lowest BCUT2D eigenvalue weighted by Gasteiger charge is -2.19. The van der Waals surface area contributed by atoms with E-state index >= 15 is 0 Å². The summed E-state index contributed by atoms with van der Waals surface area (Å²) >= 11 is 2.85. The van der Waals surface area contributed by atoms with Gasteiger partial charge in [0.05, 0.1) is 58.8 Å². The van der Waals surface area contributed by atoms with Crippen molar-refractivity contribution in [2.45, 2.75) is 112 Å². The molecular formula is C55H72N16O4S2. The van der Waals surface area contributed by atoms with Crippen LogP contribution < -0.4 is 38.5 Å². The highest BCUT2D eigenvalue weighted by atomic mass is 32.1. The average Bonchev–Trinajstić information content (AvgIpc) is 4.17. The van der Waals surface area contributed by atoms with Crippen LogP contribution in [0.5, 0.6) is 0 Å². The Bertz CT molecular complexity index is 3110. The maximum absolute atomic E-state index is 12.6. The second kappa shape index (κ2) is 27.7. The lowest BCUT2D eigenvalue weighted by atomic mass is 9.98. The molecule has 0 bridgehead atoms. The minimum absolute atomic E-state index is 0.0710. The number of aliphatic imine (C=N–C) groups is 3. The van der Waals surface area contributed by atoms with Crippen LogP contribution in [0.4, 0.5) is 16.4 Å². The molecule has 408 valence electrons. The molecule has 77 heavy (non-hydrogen) atoms. The molecule has 20 nitrogen and oxygen atoms in total. The first-order valence-corrected chi connectivity index (χ1v) is 26.5. The number of nitrogens with zero attached hydrogens (tertiary/aromatic N) is 9. The molecule has 0 aliphatic carbocycles.